The van der Waals surface area contributed by atoms with Crippen molar-refractivity contribution < 1.29 is 14.3 Å². The zero-order valence-electron chi connectivity index (χ0n) is 6.59. The molecule has 3 nitrogen and oxygen atoms in total. The first-order valence-electron chi connectivity index (χ1n) is 3.25. The minimum Gasteiger partial charge on any atom is -0.469 e. The first-order valence-corrected chi connectivity index (χ1v) is 4.37. The number of rotatable bonds is 4. The molecule has 0 N–H and O–H groups in total. The molecule has 0 saturated carbocycles. The Morgan fingerprint density at radius 3 is 2.36 bits per heavy atom. The second kappa shape index (κ2) is 5.29. The lowest BCUT2D eigenvalue weighted by Crippen LogP contribution is -2.17. The number of halogens is 1. The van der Waals surface area contributed by atoms with Crippen molar-refractivity contribution in [3.05, 3.63) is 0 Å². The van der Waals surface area contributed by atoms with Crippen LogP contribution in [0.25, 0.3) is 0 Å². The largest absolute Gasteiger partial charge is 0.469 e. The maximum absolute atomic E-state index is 10.8. The first-order chi connectivity index (χ1) is 5.11. The number of carbonyl (C=O) groups is 2. The maximum atomic E-state index is 10.8. The van der Waals surface area contributed by atoms with Crippen molar-refractivity contribution in [3.63, 3.8) is 0 Å². The summed E-state index contributed by atoms with van der Waals surface area (Å²) in [6, 6.07) is 0. The van der Waals surface area contributed by atoms with Gasteiger partial charge in [0.05, 0.1) is 13.5 Å². The highest BCUT2D eigenvalue weighted by Gasteiger charge is 2.16. The second-order valence-electron chi connectivity index (χ2n) is 2.24. The van der Waals surface area contributed by atoms with Crippen molar-refractivity contribution in [1.82, 2.24) is 0 Å². The van der Waals surface area contributed by atoms with E-state index in [9.17, 15) is 9.59 Å². The molecule has 0 fully saturated rings. The van der Waals surface area contributed by atoms with Gasteiger partial charge in [-0.1, -0.05) is 15.9 Å². The average Bonchev–Trinajstić information content (AvgIpc) is 1.99. The van der Waals surface area contributed by atoms with Crippen molar-refractivity contribution in [2.24, 2.45) is 5.92 Å². The van der Waals surface area contributed by atoms with Gasteiger partial charge in [-0.25, -0.2) is 0 Å². The van der Waals surface area contributed by atoms with E-state index in [1.165, 1.54) is 14.0 Å². The third kappa shape index (κ3) is 4.14. The van der Waals surface area contributed by atoms with Gasteiger partial charge in [-0.2, -0.15) is 0 Å². The molecule has 0 aliphatic heterocycles. The Morgan fingerprint density at radius 1 is 1.55 bits per heavy atom. The molecule has 1 atom stereocenters. The standard InChI is InChI=1S/C7H11BrO3/c1-5(9)6(4-8)3-7(10)11-2/h6H,3-4H2,1-2H3/t6-/m0/s1. The lowest BCUT2D eigenvalue weighted by Gasteiger charge is -2.07. The fourth-order valence-corrected chi connectivity index (χ4v) is 1.28. The van der Waals surface area contributed by atoms with E-state index in [1.807, 2.05) is 0 Å². The van der Waals surface area contributed by atoms with Crippen LogP contribution in [0.4, 0.5) is 0 Å². The third-order valence-electron chi connectivity index (χ3n) is 1.40. The Morgan fingerprint density at radius 2 is 2.09 bits per heavy atom. The number of hydrogen-bond acceptors (Lipinski definition) is 3. The Labute approximate surface area is 74.2 Å². The third-order valence-corrected chi connectivity index (χ3v) is 2.18. The maximum Gasteiger partial charge on any atom is 0.306 e. The predicted molar refractivity (Wildman–Crippen MR) is 44.6 cm³/mol. The molecular formula is C7H11BrO3. The molecule has 0 heterocycles. The normalized spacial score (nSPS) is 12.3. The average molecular weight is 223 g/mol. The highest BCUT2D eigenvalue weighted by Crippen LogP contribution is 2.08. The topological polar surface area (TPSA) is 43.4 Å². The van der Waals surface area contributed by atoms with Gasteiger partial charge in [-0.05, 0) is 6.92 Å². The summed E-state index contributed by atoms with van der Waals surface area (Å²) in [5, 5.41) is 0.511. The van der Waals surface area contributed by atoms with E-state index in [1.54, 1.807) is 0 Å². The molecular weight excluding hydrogens is 212 g/mol. The number of esters is 1. The van der Waals surface area contributed by atoms with Crippen molar-refractivity contribution >= 4 is 27.7 Å². The van der Waals surface area contributed by atoms with E-state index in [4.69, 9.17) is 0 Å². The van der Waals surface area contributed by atoms with Gasteiger partial charge in [0.15, 0.2) is 0 Å². The summed E-state index contributed by atoms with van der Waals surface area (Å²) in [6.45, 7) is 1.47. The van der Waals surface area contributed by atoms with Gasteiger partial charge in [0, 0.05) is 11.2 Å². The molecule has 0 aromatic carbocycles. The number of alkyl halides is 1. The lowest BCUT2D eigenvalue weighted by molar-refractivity contribution is -0.143. The second-order valence-corrected chi connectivity index (χ2v) is 2.89. The van der Waals surface area contributed by atoms with Crippen molar-refractivity contribution in [3.8, 4) is 0 Å². The summed E-state index contributed by atoms with van der Waals surface area (Å²) < 4.78 is 4.42. The molecule has 0 radical (unpaired) electrons. The van der Waals surface area contributed by atoms with Crippen LogP contribution in [0.15, 0.2) is 0 Å². The number of ether oxygens (including phenoxy) is 1. The van der Waals surface area contributed by atoms with Crippen molar-refractivity contribution in [2.45, 2.75) is 13.3 Å². The van der Waals surface area contributed by atoms with E-state index >= 15 is 0 Å². The quantitative estimate of drug-likeness (QED) is 0.530. The van der Waals surface area contributed by atoms with Crippen LogP contribution in [0.1, 0.15) is 13.3 Å². The molecule has 0 bridgehead atoms. The van der Waals surface area contributed by atoms with Gasteiger partial charge in [-0.15, -0.1) is 0 Å². The molecule has 0 saturated heterocycles. The van der Waals surface area contributed by atoms with E-state index in [2.05, 4.69) is 20.7 Å². The van der Waals surface area contributed by atoms with Gasteiger partial charge in [0.2, 0.25) is 0 Å². The number of carbonyl (C=O) groups excluding carboxylic acids is 2. The molecule has 0 unspecified atom stereocenters. The molecule has 0 aliphatic carbocycles. The summed E-state index contributed by atoms with van der Waals surface area (Å²) in [6.07, 6.45) is 0.164. The molecule has 64 valence electrons. The molecule has 0 aliphatic rings. The Kier molecular flexibility index (Phi) is 5.11. The SMILES string of the molecule is COC(=O)C[C@@H](CBr)C(C)=O. The van der Waals surface area contributed by atoms with Crippen LogP contribution in [0.5, 0.6) is 0 Å². The summed E-state index contributed by atoms with van der Waals surface area (Å²) >= 11 is 3.15. The van der Waals surface area contributed by atoms with Crippen LogP contribution >= 0.6 is 15.9 Å². The molecule has 0 spiro atoms. The van der Waals surface area contributed by atoms with E-state index in [-0.39, 0.29) is 24.1 Å². The summed E-state index contributed by atoms with van der Waals surface area (Å²) in [4.78, 5) is 21.5. The lowest BCUT2D eigenvalue weighted by atomic mass is 10.0. The van der Waals surface area contributed by atoms with Crippen LogP contribution in [0, 0.1) is 5.92 Å². The van der Waals surface area contributed by atoms with Crippen molar-refractivity contribution in [1.29, 1.82) is 0 Å². The first kappa shape index (κ1) is 10.6. The highest BCUT2D eigenvalue weighted by molar-refractivity contribution is 9.09. The van der Waals surface area contributed by atoms with Crippen LogP contribution in [0.2, 0.25) is 0 Å². The highest BCUT2D eigenvalue weighted by atomic mass is 79.9. The summed E-state index contributed by atoms with van der Waals surface area (Å²) in [7, 11) is 1.31. The van der Waals surface area contributed by atoms with E-state index in [0.29, 0.717) is 5.33 Å². The molecule has 0 rings (SSSR count). The number of ketones is 1. The Balaban J connectivity index is 3.88. The van der Waals surface area contributed by atoms with Crippen LogP contribution in [0.3, 0.4) is 0 Å². The van der Waals surface area contributed by atoms with Crippen LogP contribution < -0.4 is 0 Å². The Bertz CT molecular complexity index is 156. The minimum absolute atomic E-state index is 0.00674. The predicted octanol–water partition coefficient (Wildman–Crippen LogP) is 1.15. The van der Waals surface area contributed by atoms with E-state index < -0.39 is 0 Å². The van der Waals surface area contributed by atoms with Gasteiger partial charge in [-0.3, -0.25) is 9.59 Å². The zero-order valence-corrected chi connectivity index (χ0v) is 8.18. The van der Waals surface area contributed by atoms with Crippen LogP contribution in [-0.4, -0.2) is 24.2 Å². The molecule has 0 aromatic heterocycles. The Hall–Kier alpha value is -0.380. The molecule has 4 heteroatoms. The van der Waals surface area contributed by atoms with Gasteiger partial charge in [0.25, 0.3) is 0 Å². The number of hydrogen-bond donors (Lipinski definition) is 0. The fourth-order valence-electron chi connectivity index (χ4n) is 0.591. The summed E-state index contributed by atoms with van der Waals surface area (Å²) in [5.41, 5.74) is 0. The monoisotopic (exact) mass is 222 g/mol. The molecule has 0 aromatic rings. The van der Waals surface area contributed by atoms with Gasteiger partial charge in [0.1, 0.15) is 5.78 Å². The zero-order chi connectivity index (χ0) is 8.85. The molecule has 0 amide bonds. The molecule has 11 heavy (non-hydrogen) atoms. The van der Waals surface area contributed by atoms with Crippen LogP contribution in [-0.2, 0) is 14.3 Å². The van der Waals surface area contributed by atoms with E-state index in [0.717, 1.165) is 0 Å². The smallest absolute Gasteiger partial charge is 0.306 e. The summed E-state index contributed by atoms with van der Waals surface area (Å²) in [5.74, 6) is -0.584. The fraction of sp³-hybridized carbons (Fsp3) is 0.714. The van der Waals surface area contributed by atoms with Gasteiger partial charge >= 0.3 is 5.97 Å². The number of methoxy groups -OCH3 is 1. The van der Waals surface area contributed by atoms with Crippen molar-refractivity contribution in [2.75, 3.05) is 12.4 Å². The number of Topliss-reactive ketones (excluding diaryl/α,β-unsaturated/α-hetero) is 1. The van der Waals surface area contributed by atoms with Gasteiger partial charge < -0.3 is 4.74 Å². The minimum atomic E-state index is -0.343.